The Balaban J connectivity index is 1.10. The summed E-state index contributed by atoms with van der Waals surface area (Å²) in [6, 6.07) is 17.6. The third-order valence-corrected chi connectivity index (χ3v) is 8.54. The third kappa shape index (κ3) is 4.59. The van der Waals surface area contributed by atoms with Crippen molar-refractivity contribution in [1.29, 1.82) is 0 Å². The molecule has 1 spiro atoms. The quantitative estimate of drug-likeness (QED) is 0.462. The molecule has 194 valence electrons. The smallest absolute Gasteiger partial charge is 0.261 e. The number of anilines is 1. The van der Waals surface area contributed by atoms with Crippen molar-refractivity contribution in [1.82, 2.24) is 15.3 Å². The normalized spacial score (nSPS) is 22.2. The van der Waals surface area contributed by atoms with Gasteiger partial charge in [-0.1, -0.05) is 50.2 Å². The van der Waals surface area contributed by atoms with Crippen LogP contribution >= 0.6 is 0 Å². The van der Waals surface area contributed by atoms with E-state index in [1.807, 2.05) is 29.2 Å². The van der Waals surface area contributed by atoms with Crippen molar-refractivity contribution in [3.63, 3.8) is 0 Å². The summed E-state index contributed by atoms with van der Waals surface area (Å²) in [5.74, 6) is 1.06. The van der Waals surface area contributed by atoms with Gasteiger partial charge in [-0.05, 0) is 61.1 Å². The molecule has 0 atom stereocenters. The Labute approximate surface area is 218 Å². The van der Waals surface area contributed by atoms with Gasteiger partial charge in [-0.15, -0.1) is 0 Å². The van der Waals surface area contributed by atoms with Gasteiger partial charge in [0.25, 0.3) is 5.88 Å². The molecule has 37 heavy (non-hydrogen) atoms. The molecule has 1 N–H and O–H groups in total. The number of halogens is 1. The SMILES string of the molecule is CN[C@H]1C[C@@H](Cc2ccc(C(C)(C)c3ccc(Oc4ncnc(N5CC6(COC6)C5)c4F)cc3)cc2)C1. The van der Waals surface area contributed by atoms with Gasteiger partial charge in [0.05, 0.1) is 18.6 Å². The highest BCUT2D eigenvalue weighted by molar-refractivity contribution is 5.48. The molecule has 3 aliphatic rings. The van der Waals surface area contributed by atoms with Gasteiger partial charge in [0, 0.05) is 24.5 Å². The van der Waals surface area contributed by atoms with Crippen LogP contribution in [0.25, 0.3) is 0 Å². The van der Waals surface area contributed by atoms with E-state index in [-0.39, 0.29) is 16.7 Å². The predicted molar refractivity (Wildman–Crippen MR) is 142 cm³/mol. The van der Waals surface area contributed by atoms with Crippen LogP contribution in [-0.4, -0.2) is 49.4 Å². The summed E-state index contributed by atoms with van der Waals surface area (Å²) in [7, 11) is 2.05. The summed E-state index contributed by atoms with van der Waals surface area (Å²) in [6.07, 6.45) is 5.06. The molecular weight excluding hydrogens is 467 g/mol. The second-order valence-corrected chi connectivity index (χ2v) is 11.6. The first-order chi connectivity index (χ1) is 17.8. The van der Waals surface area contributed by atoms with Gasteiger partial charge in [-0.2, -0.15) is 9.37 Å². The topological polar surface area (TPSA) is 59.5 Å². The first-order valence-corrected chi connectivity index (χ1v) is 13.2. The number of hydrogen-bond donors (Lipinski definition) is 1. The fourth-order valence-electron chi connectivity index (χ4n) is 5.87. The molecule has 1 aliphatic carbocycles. The molecule has 0 bridgehead atoms. The summed E-state index contributed by atoms with van der Waals surface area (Å²) in [5.41, 5.74) is 3.84. The van der Waals surface area contributed by atoms with Gasteiger partial charge in [0.15, 0.2) is 5.82 Å². The minimum Gasteiger partial charge on any atom is -0.436 e. The Hall–Kier alpha value is -3.03. The number of aromatic nitrogens is 2. The van der Waals surface area contributed by atoms with Gasteiger partial charge in [-0.3, -0.25) is 0 Å². The second kappa shape index (κ2) is 9.37. The zero-order valence-electron chi connectivity index (χ0n) is 21.8. The predicted octanol–water partition coefficient (Wildman–Crippen LogP) is 5.11. The maximum atomic E-state index is 15.1. The highest BCUT2D eigenvalue weighted by Crippen LogP contribution is 2.41. The molecule has 6 nitrogen and oxygen atoms in total. The van der Waals surface area contributed by atoms with Crippen molar-refractivity contribution in [2.24, 2.45) is 11.3 Å². The zero-order valence-corrected chi connectivity index (χ0v) is 21.8. The van der Waals surface area contributed by atoms with Crippen molar-refractivity contribution in [2.45, 2.75) is 44.6 Å². The van der Waals surface area contributed by atoms with Crippen molar-refractivity contribution in [2.75, 3.05) is 38.3 Å². The van der Waals surface area contributed by atoms with Crippen LogP contribution in [0.5, 0.6) is 11.6 Å². The monoisotopic (exact) mass is 502 g/mol. The molecule has 7 heteroatoms. The average molecular weight is 503 g/mol. The molecule has 0 radical (unpaired) electrons. The molecule has 3 heterocycles. The van der Waals surface area contributed by atoms with Crippen LogP contribution in [0.3, 0.4) is 0 Å². The first kappa shape index (κ1) is 24.3. The molecule has 2 aromatic carbocycles. The minimum absolute atomic E-state index is 0.0501. The Morgan fingerprint density at radius 2 is 1.68 bits per heavy atom. The summed E-state index contributed by atoms with van der Waals surface area (Å²) in [4.78, 5) is 10.1. The number of benzene rings is 2. The molecule has 0 amide bonds. The average Bonchev–Trinajstić information content (AvgIpc) is 2.82. The minimum atomic E-state index is -0.523. The molecule has 3 aromatic rings. The number of nitrogens with one attached hydrogen (secondary N) is 1. The van der Waals surface area contributed by atoms with Crippen LogP contribution in [0.15, 0.2) is 54.9 Å². The van der Waals surface area contributed by atoms with Gasteiger partial charge < -0.3 is 19.7 Å². The maximum absolute atomic E-state index is 15.1. The molecule has 1 aromatic heterocycles. The standard InChI is InChI=1S/C30H35FN4O2/c1-29(2,22-6-4-20(5-7-22)12-21-13-24(14-21)32-3)23-8-10-25(11-9-23)37-28-26(31)27(33-19-34-28)35-15-30(16-35)17-36-18-30/h4-11,19,21,24,32H,12-18H2,1-3H3/t21-,24+. The molecular formula is C30H35FN4O2. The Kier molecular flexibility index (Phi) is 6.16. The van der Waals surface area contributed by atoms with E-state index >= 15 is 4.39 Å². The van der Waals surface area contributed by atoms with E-state index in [4.69, 9.17) is 9.47 Å². The van der Waals surface area contributed by atoms with Crippen molar-refractivity contribution in [3.05, 3.63) is 77.4 Å². The van der Waals surface area contributed by atoms with Gasteiger partial charge >= 0.3 is 0 Å². The van der Waals surface area contributed by atoms with E-state index in [1.54, 1.807) is 0 Å². The lowest BCUT2D eigenvalue weighted by Gasteiger charge is -2.55. The fraction of sp³-hybridized carbons (Fsp3) is 0.467. The number of rotatable bonds is 8. The third-order valence-electron chi connectivity index (χ3n) is 8.54. The van der Waals surface area contributed by atoms with Gasteiger partial charge in [0.1, 0.15) is 12.1 Å². The van der Waals surface area contributed by atoms with E-state index < -0.39 is 5.82 Å². The molecule has 6 rings (SSSR count). The number of nitrogens with zero attached hydrogens (tertiary/aromatic N) is 3. The van der Waals surface area contributed by atoms with Crippen molar-refractivity contribution >= 4 is 5.82 Å². The van der Waals surface area contributed by atoms with Gasteiger partial charge in [0.2, 0.25) is 5.82 Å². The molecule has 1 saturated carbocycles. The first-order valence-electron chi connectivity index (χ1n) is 13.2. The molecule has 2 saturated heterocycles. The lowest BCUT2D eigenvalue weighted by atomic mass is 9.75. The second-order valence-electron chi connectivity index (χ2n) is 11.6. The van der Waals surface area contributed by atoms with Crippen LogP contribution in [-0.2, 0) is 16.6 Å². The Morgan fingerprint density at radius 3 is 2.27 bits per heavy atom. The van der Waals surface area contributed by atoms with Gasteiger partial charge in [-0.25, -0.2) is 4.98 Å². The van der Waals surface area contributed by atoms with E-state index in [1.165, 1.54) is 35.9 Å². The van der Waals surface area contributed by atoms with Crippen LogP contribution in [0.4, 0.5) is 10.2 Å². The lowest BCUT2D eigenvalue weighted by molar-refractivity contribution is -0.127. The summed E-state index contributed by atoms with van der Waals surface area (Å²) in [5, 5.41) is 3.36. The van der Waals surface area contributed by atoms with E-state index in [9.17, 15) is 0 Å². The molecule has 0 unspecified atom stereocenters. The number of hydrogen-bond acceptors (Lipinski definition) is 6. The van der Waals surface area contributed by atoms with E-state index in [0.29, 0.717) is 17.6 Å². The van der Waals surface area contributed by atoms with Crippen LogP contribution in [0.1, 0.15) is 43.4 Å². The largest absolute Gasteiger partial charge is 0.436 e. The fourth-order valence-corrected chi connectivity index (χ4v) is 5.87. The summed E-state index contributed by atoms with van der Waals surface area (Å²) >= 11 is 0. The maximum Gasteiger partial charge on any atom is 0.261 e. The number of ether oxygens (including phenoxy) is 2. The van der Waals surface area contributed by atoms with E-state index in [0.717, 1.165) is 38.6 Å². The zero-order chi connectivity index (χ0) is 25.6. The molecule has 2 aliphatic heterocycles. The summed E-state index contributed by atoms with van der Waals surface area (Å²) in [6.45, 7) is 7.44. The van der Waals surface area contributed by atoms with Crippen LogP contribution in [0, 0.1) is 17.2 Å². The highest BCUT2D eigenvalue weighted by Gasteiger charge is 2.50. The highest BCUT2D eigenvalue weighted by atomic mass is 19.1. The van der Waals surface area contributed by atoms with Crippen molar-refractivity contribution < 1.29 is 13.9 Å². The van der Waals surface area contributed by atoms with Crippen LogP contribution in [0.2, 0.25) is 0 Å². The van der Waals surface area contributed by atoms with Crippen LogP contribution < -0.4 is 15.0 Å². The van der Waals surface area contributed by atoms with Crippen molar-refractivity contribution in [3.8, 4) is 11.6 Å². The Bertz CT molecular complexity index is 1240. The Morgan fingerprint density at radius 1 is 1.03 bits per heavy atom. The van der Waals surface area contributed by atoms with E-state index in [2.05, 4.69) is 60.4 Å². The molecule has 3 fully saturated rings. The summed E-state index contributed by atoms with van der Waals surface area (Å²) < 4.78 is 26.3. The lowest BCUT2D eigenvalue weighted by Crippen LogP contribution is -2.66.